The Kier molecular flexibility index (Phi) is 3.60. The molecular weight excluding hydrogens is 265 g/mol. The molecule has 0 aliphatic rings. The molecular formula is C13H10FN3O3. The van der Waals surface area contributed by atoms with Crippen molar-refractivity contribution in [2.45, 2.75) is 0 Å². The van der Waals surface area contributed by atoms with Gasteiger partial charge in [-0.25, -0.2) is 4.39 Å². The van der Waals surface area contributed by atoms with Gasteiger partial charge in [0.05, 0.1) is 11.3 Å². The molecule has 0 fully saturated rings. The highest BCUT2D eigenvalue weighted by Gasteiger charge is 2.11. The van der Waals surface area contributed by atoms with E-state index in [1.54, 1.807) is 0 Å². The van der Waals surface area contributed by atoms with Crippen LogP contribution >= 0.6 is 0 Å². The number of hydrogen-bond acceptors (Lipinski definition) is 4. The molecule has 1 heterocycles. The summed E-state index contributed by atoms with van der Waals surface area (Å²) in [6.45, 7) is 0. The molecule has 0 bridgehead atoms. The molecule has 0 radical (unpaired) electrons. The highest BCUT2D eigenvalue weighted by atomic mass is 19.1. The van der Waals surface area contributed by atoms with E-state index < -0.39 is 17.6 Å². The molecule has 4 N–H and O–H groups in total. The lowest BCUT2D eigenvalue weighted by Crippen LogP contribution is -2.16. The maximum atomic E-state index is 13.0. The highest BCUT2D eigenvalue weighted by molar-refractivity contribution is 6.05. The molecule has 0 spiro atoms. The minimum atomic E-state index is -0.709. The molecule has 102 valence electrons. The molecule has 0 saturated heterocycles. The number of anilines is 1. The monoisotopic (exact) mass is 275 g/mol. The van der Waals surface area contributed by atoms with E-state index in [0.717, 1.165) is 24.4 Å². The van der Waals surface area contributed by atoms with Crippen molar-refractivity contribution in [3.05, 3.63) is 53.6 Å². The number of phenolic OH excluding ortho intramolecular Hbond substituents is 1. The highest BCUT2D eigenvalue weighted by Crippen LogP contribution is 2.24. The van der Waals surface area contributed by atoms with Crippen molar-refractivity contribution in [1.82, 2.24) is 4.98 Å². The first-order valence-electron chi connectivity index (χ1n) is 5.53. The van der Waals surface area contributed by atoms with Crippen LogP contribution in [0.15, 0.2) is 36.5 Å². The van der Waals surface area contributed by atoms with Crippen molar-refractivity contribution in [1.29, 1.82) is 0 Å². The number of pyridine rings is 1. The van der Waals surface area contributed by atoms with Gasteiger partial charge in [0.2, 0.25) is 0 Å². The molecule has 0 saturated carbocycles. The van der Waals surface area contributed by atoms with Gasteiger partial charge in [-0.3, -0.25) is 14.6 Å². The summed E-state index contributed by atoms with van der Waals surface area (Å²) in [7, 11) is 0. The van der Waals surface area contributed by atoms with E-state index >= 15 is 0 Å². The Morgan fingerprint density at radius 1 is 1.25 bits per heavy atom. The number of aromatic nitrogens is 1. The molecule has 6 nitrogen and oxygen atoms in total. The SMILES string of the molecule is NC(=O)c1ccc(C(=O)Nc2cc(F)ccc2O)cn1. The fraction of sp³-hybridized carbons (Fsp3) is 0. The standard InChI is InChI=1S/C13H10FN3O3/c14-8-2-4-11(18)10(5-8)17-13(20)7-1-3-9(12(15)19)16-6-7/h1-6,18H,(H2,15,19)(H,17,20). The van der Waals surface area contributed by atoms with Gasteiger partial charge in [0, 0.05) is 12.3 Å². The Labute approximate surface area is 113 Å². The van der Waals surface area contributed by atoms with E-state index in [0.29, 0.717) is 0 Å². The van der Waals surface area contributed by atoms with Gasteiger partial charge in [-0.2, -0.15) is 0 Å². The zero-order valence-electron chi connectivity index (χ0n) is 10.1. The molecule has 0 aliphatic carbocycles. The summed E-state index contributed by atoms with van der Waals surface area (Å²) < 4.78 is 13.0. The van der Waals surface area contributed by atoms with Crippen LogP contribution in [-0.2, 0) is 0 Å². The number of hydrogen-bond donors (Lipinski definition) is 3. The van der Waals surface area contributed by atoms with Crippen LogP contribution in [0.5, 0.6) is 5.75 Å². The Morgan fingerprint density at radius 2 is 2.00 bits per heavy atom. The van der Waals surface area contributed by atoms with Gasteiger partial charge >= 0.3 is 0 Å². The molecule has 1 aromatic carbocycles. The second kappa shape index (κ2) is 5.35. The van der Waals surface area contributed by atoms with Crippen molar-refractivity contribution >= 4 is 17.5 Å². The lowest BCUT2D eigenvalue weighted by molar-refractivity contribution is 0.0990. The number of carbonyl (C=O) groups excluding carboxylic acids is 2. The van der Waals surface area contributed by atoms with Crippen LogP contribution in [0.1, 0.15) is 20.8 Å². The number of nitrogens with zero attached hydrogens (tertiary/aromatic N) is 1. The molecule has 2 rings (SSSR count). The predicted octanol–water partition coefficient (Wildman–Crippen LogP) is 1.28. The quantitative estimate of drug-likeness (QED) is 0.733. The predicted molar refractivity (Wildman–Crippen MR) is 68.8 cm³/mol. The largest absolute Gasteiger partial charge is 0.506 e. The smallest absolute Gasteiger partial charge is 0.267 e. The normalized spacial score (nSPS) is 10.1. The zero-order valence-corrected chi connectivity index (χ0v) is 10.1. The fourth-order valence-electron chi connectivity index (χ4n) is 1.48. The number of aromatic hydroxyl groups is 1. The average Bonchev–Trinajstić information content (AvgIpc) is 2.43. The maximum absolute atomic E-state index is 13.0. The van der Waals surface area contributed by atoms with Gasteiger partial charge in [0.15, 0.2) is 0 Å². The van der Waals surface area contributed by atoms with Crippen molar-refractivity contribution in [2.24, 2.45) is 5.73 Å². The molecule has 2 amide bonds. The van der Waals surface area contributed by atoms with Crippen LogP contribution in [-0.4, -0.2) is 21.9 Å². The number of nitrogens with one attached hydrogen (secondary N) is 1. The molecule has 0 aliphatic heterocycles. The minimum absolute atomic E-state index is 0.0233. The van der Waals surface area contributed by atoms with Crippen LogP contribution < -0.4 is 11.1 Å². The van der Waals surface area contributed by atoms with E-state index in [1.165, 1.54) is 12.1 Å². The molecule has 2 aromatic rings. The number of rotatable bonds is 3. The molecule has 7 heteroatoms. The van der Waals surface area contributed by atoms with E-state index in [1.807, 2.05) is 0 Å². The summed E-state index contributed by atoms with van der Waals surface area (Å²) in [6.07, 6.45) is 1.16. The fourth-order valence-corrected chi connectivity index (χ4v) is 1.48. The van der Waals surface area contributed by atoms with Gasteiger partial charge in [-0.15, -0.1) is 0 Å². The third-order valence-corrected chi connectivity index (χ3v) is 2.48. The summed E-state index contributed by atoms with van der Waals surface area (Å²) >= 11 is 0. The van der Waals surface area contributed by atoms with E-state index in [2.05, 4.69) is 10.3 Å². The Bertz CT molecular complexity index is 671. The zero-order chi connectivity index (χ0) is 14.7. The second-order valence-corrected chi connectivity index (χ2v) is 3.91. The van der Waals surface area contributed by atoms with Crippen molar-refractivity contribution in [3.8, 4) is 5.75 Å². The van der Waals surface area contributed by atoms with E-state index in [4.69, 9.17) is 5.73 Å². The number of carbonyl (C=O) groups is 2. The van der Waals surface area contributed by atoms with Crippen molar-refractivity contribution in [2.75, 3.05) is 5.32 Å². The number of phenols is 1. The second-order valence-electron chi connectivity index (χ2n) is 3.91. The summed E-state index contributed by atoms with van der Waals surface area (Å²) in [5.74, 6) is -2.17. The van der Waals surface area contributed by atoms with Crippen LogP contribution in [0.4, 0.5) is 10.1 Å². The summed E-state index contributed by atoms with van der Waals surface area (Å²) in [4.78, 5) is 26.4. The van der Waals surface area contributed by atoms with Crippen LogP contribution in [0.3, 0.4) is 0 Å². The number of halogens is 1. The van der Waals surface area contributed by atoms with Gasteiger partial charge < -0.3 is 16.2 Å². The molecule has 0 atom stereocenters. The molecule has 0 unspecified atom stereocenters. The Hall–Kier alpha value is -2.96. The molecule has 1 aromatic heterocycles. The first kappa shape index (κ1) is 13.5. The van der Waals surface area contributed by atoms with Gasteiger partial charge in [0.1, 0.15) is 17.3 Å². The minimum Gasteiger partial charge on any atom is -0.506 e. The third-order valence-electron chi connectivity index (χ3n) is 2.48. The number of benzene rings is 1. The van der Waals surface area contributed by atoms with Gasteiger partial charge in [-0.05, 0) is 24.3 Å². The number of nitrogens with two attached hydrogens (primary N) is 1. The lowest BCUT2D eigenvalue weighted by atomic mass is 10.2. The number of primary amides is 1. The van der Waals surface area contributed by atoms with E-state index in [-0.39, 0.29) is 22.7 Å². The average molecular weight is 275 g/mol. The topological polar surface area (TPSA) is 105 Å². The van der Waals surface area contributed by atoms with Gasteiger partial charge in [0.25, 0.3) is 11.8 Å². The first-order valence-corrected chi connectivity index (χ1v) is 5.53. The maximum Gasteiger partial charge on any atom is 0.267 e. The van der Waals surface area contributed by atoms with Crippen molar-refractivity contribution < 1.29 is 19.1 Å². The Balaban J connectivity index is 2.19. The summed E-state index contributed by atoms with van der Waals surface area (Å²) in [6, 6.07) is 5.81. The van der Waals surface area contributed by atoms with Crippen molar-refractivity contribution in [3.63, 3.8) is 0 Å². The van der Waals surface area contributed by atoms with Gasteiger partial charge in [-0.1, -0.05) is 0 Å². The first-order chi connectivity index (χ1) is 9.47. The van der Waals surface area contributed by atoms with Crippen LogP contribution in [0.2, 0.25) is 0 Å². The molecule has 20 heavy (non-hydrogen) atoms. The van der Waals surface area contributed by atoms with Crippen LogP contribution in [0, 0.1) is 5.82 Å². The van der Waals surface area contributed by atoms with Crippen LogP contribution in [0.25, 0.3) is 0 Å². The number of amides is 2. The lowest BCUT2D eigenvalue weighted by Gasteiger charge is -2.07. The third kappa shape index (κ3) is 2.89. The van der Waals surface area contributed by atoms with E-state index in [9.17, 15) is 19.1 Å². The Morgan fingerprint density at radius 3 is 2.60 bits per heavy atom. The summed E-state index contributed by atoms with van der Waals surface area (Å²) in [5, 5.41) is 11.8. The summed E-state index contributed by atoms with van der Waals surface area (Å²) in [5.41, 5.74) is 5.12.